The van der Waals surface area contributed by atoms with Gasteiger partial charge in [0.25, 0.3) is 5.91 Å². The molecule has 0 bridgehead atoms. The normalized spacial score (nSPS) is 22.7. The molecule has 9 heteroatoms. The van der Waals surface area contributed by atoms with E-state index in [0.717, 1.165) is 4.90 Å². The summed E-state index contributed by atoms with van der Waals surface area (Å²) in [5.41, 5.74) is 0.480. The van der Waals surface area contributed by atoms with E-state index >= 15 is 0 Å². The number of benzene rings is 1. The molecule has 0 aromatic heterocycles. The number of carbonyl (C=O) groups is 3. The minimum absolute atomic E-state index is 0.0594. The molecule has 0 radical (unpaired) electrons. The number of fused-ring (bicyclic) bond motifs is 1. The largest absolute Gasteiger partial charge is 0.508 e. The lowest BCUT2D eigenvalue weighted by Gasteiger charge is -2.48. The fourth-order valence-corrected chi connectivity index (χ4v) is 4.16. The zero-order valence-electron chi connectivity index (χ0n) is 12.2. The molecule has 2 aliphatic rings. The topological polar surface area (TPSA) is 107 Å². The Kier molecular flexibility index (Phi) is 4.42. The number of nitrogens with one attached hydrogen (secondary N) is 1. The predicted octanol–water partition coefficient (Wildman–Crippen LogP) is 0.870. The maximum atomic E-state index is 12.2. The number of aliphatic carboxylic acids is 1. The number of phenols is 1. The van der Waals surface area contributed by atoms with Gasteiger partial charge in [0.2, 0.25) is 5.91 Å². The van der Waals surface area contributed by atoms with E-state index in [0.29, 0.717) is 5.56 Å². The summed E-state index contributed by atoms with van der Waals surface area (Å²) in [6, 6.07) is 5.41. The molecule has 24 heavy (non-hydrogen) atoms. The van der Waals surface area contributed by atoms with Crippen LogP contribution in [0, 0.1) is 0 Å². The second kappa shape index (κ2) is 6.37. The van der Waals surface area contributed by atoms with Gasteiger partial charge in [0.05, 0.1) is 11.5 Å². The third-order valence-electron chi connectivity index (χ3n) is 3.74. The number of carboxylic acid groups (broad SMARTS) is 1. The molecule has 3 rings (SSSR count). The van der Waals surface area contributed by atoms with Crippen molar-refractivity contribution in [1.82, 2.24) is 10.2 Å². The van der Waals surface area contributed by atoms with Crippen LogP contribution in [0.2, 0.25) is 0 Å². The molecule has 2 atom stereocenters. The van der Waals surface area contributed by atoms with E-state index in [2.05, 4.69) is 5.32 Å². The van der Waals surface area contributed by atoms with Crippen molar-refractivity contribution in [2.75, 3.05) is 5.75 Å². The van der Waals surface area contributed by atoms with Crippen molar-refractivity contribution in [3.63, 3.8) is 0 Å². The fourth-order valence-electron chi connectivity index (χ4n) is 2.61. The van der Waals surface area contributed by atoms with Gasteiger partial charge in [-0.15, -0.1) is 11.8 Å². The Morgan fingerprint density at radius 2 is 2.00 bits per heavy atom. The number of hydrogen-bond acceptors (Lipinski definition) is 5. The van der Waals surface area contributed by atoms with Crippen LogP contribution in [0.15, 0.2) is 35.0 Å². The molecule has 1 unspecified atom stereocenters. The molecule has 2 aliphatic heterocycles. The molecular weight excluding hydrogens is 356 g/mol. The van der Waals surface area contributed by atoms with Gasteiger partial charge < -0.3 is 15.5 Å². The van der Waals surface area contributed by atoms with Crippen molar-refractivity contribution >= 4 is 41.1 Å². The second-order valence-electron chi connectivity index (χ2n) is 5.36. The third-order valence-corrected chi connectivity index (χ3v) is 5.49. The van der Waals surface area contributed by atoms with Crippen LogP contribution in [0.3, 0.4) is 0 Å². The number of phenolic OH excluding ortho intramolecular Hbond substituents is 1. The highest BCUT2D eigenvalue weighted by Crippen LogP contribution is 2.41. The second-order valence-corrected chi connectivity index (χ2v) is 6.92. The molecule has 0 spiro atoms. The summed E-state index contributed by atoms with van der Waals surface area (Å²) in [5.74, 6) is -1.71. The summed E-state index contributed by atoms with van der Waals surface area (Å²) in [7, 11) is 0. The maximum absolute atomic E-state index is 12.2. The van der Waals surface area contributed by atoms with E-state index in [9.17, 15) is 24.6 Å². The molecule has 1 aromatic carbocycles. The van der Waals surface area contributed by atoms with Gasteiger partial charge >= 0.3 is 5.97 Å². The van der Waals surface area contributed by atoms with Gasteiger partial charge in [-0.3, -0.25) is 14.5 Å². The average molecular weight is 369 g/mol. The maximum Gasteiger partial charge on any atom is 0.353 e. The standard InChI is InChI=1S/C15H13ClN2O5S/c16-9-6-24-14-11(13(21)18(14)12(9)15(22)23)17-10(20)5-7-1-3-8(19)4-2-7/h1-4,11,14,19H,5-6H2,(H,17,20)(H,22,23)/t11?,14-/m1/s1. The van der Waals surface area contributed by atoms with E-state index in [1.165, 1.54) is 23.9 Å². The molecule has 3 N–H and O–H groups in total. The highest BCUT2D eigenvalue weighted by Gasteiger charge is 2.54. The van der Waals surface area contributed by atoms with Gasteiger partial charge in [0, 0.05) is 5.75 Å². The smallest absolute Gasteiger partial charge is 0.353 e. The van der Waals surface area contributed by atoms with Gasteiger partial charge in [-0.1, -0.05) is 23.7 Å². The zero-order chi connectivity index (χ0) is 17.4. The average Bonchev–Trinajstić information content (AvgIpc) is 2.54. The molecule has 2 amide bonds. The van der Waals surface area contributed by atoms with E-state index in [-0.39, 0.29) is 34.6 Å². The molecule has 0 saturated carbocycles. The van der Waals surface area contributed by atoms with Crippen LogP contribution in [0.4, 0.5) is 0 Å². The van der Waals surface area contributed by atoms with Crippen LogP contribution < -0.4 is 5.32 Å². The molecule has 1 fully saturated rings. The number of β-lactam (4-membered cyclic amide) rings is 1. The molecule has 7 nitrogen and oxygen atoms in total. The van der Waals surface area contributed by atoms with Crippen molar-refractivity contribution in [3.8, 4) is 5.75 Å². The number of halogens is 1. The van der Waals surface area contributed by atoms with Crippen LogP contribution in [0.5, 0.6) is 5.75 Å². The van der Waals surface area contributed by atoms with E-state index in [4.69, 9.17) is 11.6 Å². The van der Waals surface area contributed by atoms with Crippen LogP contribution in [0.25, 0.3) is 0 Å². The number of carbonyl (C=O) groups excluding carboxylic acids is 2. The van der Waals surface area contributed by atoms with Crippen molar-refractivity contribution in [3.05, 3.63) is 40.6 Å². The van der Waals surface area contributed by atoms with Crippen LogP contribution >= 0.6 is 23.4 Å². The van der Waals surface area contributed by atoms with Crippen LogP contribution in [0.1, 0.15) is 5.56 Å². The lowest BCUT2D eigenvalue weighted by Crippen LogP contribution is -2.70. The number of aromatic hydroxyl groups is 1. The van der Waals surface area contributed by atoms with Crippen molar-refractivity contribution in [2.24, 2.45) is 0 Å². The number of hydrogen-bond donors (Lipinski definition) is 3. The lowest BCUT2D eigenvalue weighted by atomic mass is 10.0. The molecule has 0 aliphatic carbocycles. The summed E-state index contributed by atoms with van der Waals surface area (Å²) >= 11 is 7.20. The van der Waals surface area contributed by atoms with Gasteiger partial charge in [-0.05, 0) is 17.7 Å². The highest BCUT2D eigenvalue weighted by atomic mass is 35.5. The number of nitrogens with zero attached hydrogens (tertiary/aromatic N) is 1. The van der Waals surface area contributed by atoms with Gasteiger partial charge in [-0.2, -0.15) is 0 Å². The Balaban J connectivity index is 1.66. The quantitative estimate of drug-likeness (QED) is 0.681. The summed E-state index contributed by atoms with van der Waals surface area (Å²) < 4.78 is 0. The van der Waals surface area contributed by atoms with Crippen molar-refractivity contribution in [1.29, 1.82) is 0 Å². The number of thioether (sulfide) groups is 1. The van der Waals surface area contributed by atoms with Gasteiger partial charge in [-0.25, -0.2) is 4.79 Å². The Hall–Kier alpha value is -2.19. The highest BCUT2D eigenvalue weighted by molar-refractivity contribution is 8.00. The van der Waals surface area contributed by atoms with Crippen LogP contribution in [-0.4, -0.2) is 50.1 Å². The first-order valence-electron chi connectivity index (χ1n) is 7.02. The van der Waals surface area contributed by atoms with Crippen molar-refractivity contribution < 1.29 is 24.6 Å². The molecule has 126 valence electrons. The Morgan fingerprint density at radius 3 is 2.62 bits per heavy atom. The summed E-state index contributed by atoms with van der Waals surface area (Å²) in [6.45, 7) is 0. The number of rotatable bonds is 4. The minimum Gasteiger partial charge on any atom is -0.508 e. The first-order chi connectivity index (χ1) is 11.4. The number of carboxylic acids is 1. The Bertz CT molecular complexity index is 749. The molecule has 2 heterocycles. The van der Waals surface area contributed by atoms with Crippen LogP contribution in [-0.2, 0) is 20.8 Å². The number of amides is 2. The predicted molar refractivity (Wildman–Crippen MR) is 87.3 cm³/mol. The zero-order valence-corrected chi connectivity index (χ0v) is 13.8. The first-order valence-corrected chi connectivity index (χ1v) is 8.45. The first kappa shape index (κ1) is 16.7. The van der Waals surface area contributed by atoms with E-state index < -0.39 is 23.3 Å². The Morgan fingerprint density at radius 1 is 1.33 bits per heavy atom. The molecule has 1 aromatic rings. The summed E-state index contributed by atoms with van der Waals surface area (Å²) in [6.07, 6.45) is 0.0594. The fraction of sp³-hybridized carbons (Fsp3) is 0.267. The summed E-state index contributed by atoms with van der Waals surface area (Å²) in [5, 5.41) is 20.7. The molecular formula is C15H13ClN2O5S. The van der Waals surface area contributed by atoms with E-state index in [1.807, 2.05) is 0 Å². The SMILES string of the molecule is O=C(Cc1ccc(O)cc1)NC1C(=O)N2C(C(=O)O)=C(Cl)CS[C@H]12. The Labute approximate surface area is 146 Å². The van der Waals surface area contributed by atoms with Gasteiger partial charge in [0.15, 0.2) is 0 Å². The van der Waals surface area contributed by atoms with Gasteiger partial charge in [0.1, 0.15) is 22.9 Å². The monoisotopic (exact) mass is 368 g/mol. The van der Waals surface area contributed by atoms with E-state index in [1.54, 1.807) is 12.1 Å². The third kappa shape index (κ3) is 2.94. The lowest BCUT2D eigenvalue weighted by molar-refractivity contribution is -0.150. The summed E-state index contributed by atoms with van der Waals surface area (Å²) in [4.78, 5) is 36.6. The minimum atomic E-state index is -1.26. The van der Waals surface area contributed by atoms with Crippen molar-refractivity contribution in [2.45, 2.75) is 17.8 Å². The molecule has 1 saturated heterocycles.